The van der Waals surface area contributed by atoms with Gasteiger partial charge >= 0.3 is 0 Å². The molecule has 1 aromatic heterocycles. The summed E-state index contributed by atoms with van der Waals surface area (Å²) in [4.78, 5) is 28.5. The van der Waals surface area contributed by atoms with Gasteiger partial charge in [-0.25, -0.2) is 4.68 Å². The number of likely N-dealkylation sites (tertiary alicyclic amines) is 2. The molecule has 3 aliphatic rings. The van der Waals surface area contributed by atoms with Gasteiger partial charge < -0.3 is 14.5 Å². The Morgan fingerprint density at radius 1 is 1.28 bits per heavy atom. The largest absolute Gasteiger partial charge is 0.370 e. The van der Waals surface area contributed by atoms with Gasteiger partial charge in [0.25, 0.3) is 0 Å². The summed E-state index contributed by atoms with van der Waals surface area (Å²) in [5, 5.41) is 8.14. The smallest absolute Gasteiger partial charge is 0.224 e. The molecular weight excluding hydrogens is 322 g/mol. The van der Waals surface area contributed by atoms with E-state index in [1.807, 2.05) is 14.5 Å². The first kappa shape index (κ1) is 16.5. The predicted molar refractivity (Wildman–Crippen MR) is 88.5 cm³/mol. The fraction of sp³-hybridized carbons (Fsp3) is 0.765. The van der Waals surface area contributed by atoms with E-state index < -0.39 is 0 Å². The van der Waals surface area contributed by atoms with Crippen LogP contribution in [0.2, 0.25) is 0 Å². The van der Waals surface area contributed by atoms with Gasteiger partial charge in [0, 0.05) is 39.0 Å². The monoisotopic (exact) mass is 347 g/mol. The van der Waals surface area contributed by atoms with Crippen molar-refractivity contribution in [2.75, 3.05) is 26.2 Å². The maximum atomic E-state index is 12.7. The first-order valence-electron chi connectivity index (χ1n) is 9.28. The lowest BCUT2D eigenvalue weighted by molar-refractivity contribution is -0.139. The normalized spacial score (nSPS) is 26.8. The number of fused-ring (bicyclic) bond motifs is 3. The fourth-order valence-corrected chi connectivity index (χ4v) is 4.07. The molecule has 0 spiro atoms. The summed E-state index contributed by atoms with van der Waals surface area (Å²) in [7, 11) is 0. The number of aromatic nitrogens is 3. The van der Waals surface area contributed by atoms with Crippen LogP contribution in [-0.2, 0) is 20.9 Å². The van der Waals surface area contributed by atoms with E-state index >= 15 is 0 Å². The first-order chi connectivity index (χ1) is 12.2. The molecule has 0 bridgehead atoms. The molecular formula is C17H25N5O3. The van der Waals surface area contributed by atoms with Gasteiger partial charge in [-0.2, -0.15) is 0 Å². The van der Waals surface area contributed by atoms with Gasteiger partial charge in [-0.1, -0.05) is 11.6 Å². The van der Waals surface area contributed by atoms with Gasteiger partial charge in [0.2, 0.25) is 11.8 Å². The van der Waals surface area contributed by atoms with Crippen LogP contribution in [-0.4, -0.2) is 68.9 Å². The second kappa shape index (κ2) is 7.11. The van der Waals surface area contributed by atoms with Gasteiger partial charge in [0.05, 0.1) is 30.6 Å². The SMILES string of the molecule is O=C1CCCCCN1CCC(=O)N1CCC2OCc3cnnn3C2C1. The average molecular weight is 347 g/mol. The zero-order valence-electron chi connectivity index (χ0n) is 14.5. The van der Waals surface area contributed by atoms with Crippen molar-refractivity contribution in [3.8, 4) is 0 Å². The highest BCUT2D eigenvalue weighted by Gasteiger charge is 2.37. The Labute approximate surface area is 147 Å². The van der Waals surface area contributed by atoms with Crippen LogP contribution in [0.15, 0.2) is 6.20 Å². The molecule has 3 aliphatic heterocycles. The minimum Gasteiger partial charge on any atom is -0.370 e. The molecule has 8 nitrogen and oxygen atoms in total. The molecule has 2 amide bonds. The van der Waals surface area contributed by atoms with Crippen LogP contribution in [0.4, 0.5) is 0 Å². The number of carbonyl (C=O) groups excluding carboxylic acids is 2. The molecule has 4 heterocycles. The van der Waals surface area contributed by atoms with Gasteiger partial charge in [0.15, 0.2) is 0 Å². The Morgan fingerprint density at radius 2 is 2.20 bits per heavy atom. The van der Waals surface area contributed by atoms with E-state index in [4.69, 9.17) is 4.74 Å². The molecule has 0 N–H and O–H groups in total. The highest BCUT2D eigenvalue weighted by Crippen LogP contribution is 2.30. The number of hydrogen-bond acceptors (Lipinski definition) is 5. The lowest BCUT2D eigenvalue weighted by Crippen LogP contribution is -2.50. The summed E-state index contributed by atoms with van der Waals surface area (Å²) in [6.45, 7) is 3.17. The zero-order valence-corrected chi connectivity index (χ0v) is 14.5. The Bertz CT molecular complexity index is 646. The third-order valence-electron chi connectivity index (χ3n) is 5.55. The molecule has 0 aliphatic carbocycles. The maximum Gasteiger partial charge on any atom is 0.224 e. The molecule has 2 unspecified atom stereocenters. The van der Waals surface area contributed by atoms with Crippen molar-refractivity contribution in [3.63, 3.8) is 0 Å². The van der Waals surface area contributed by atoms with E-state index in [1.54, 1.807) is 6.20 Å². The van der Waals surface area contributed by atoms with Gasteiger partial charge in [-0.3, -0.25) is 9.59 Å². The molecule has 4 rings (SSSR count). The van der Waals surface area contributed by atoms with E-state index in [-0.39, 0.29) is 24.0 Å². The molecule has 2 fully saturated rings. The van der Waals surface area contributed by atoms with E-state index in [0.717, 1.165) is 37.9 Å². The molecule has 0 radical (unpaired) electrons. The highest BCUT2D eigenvalue weighted by molar-refractivity contribution is 5.79. The molecule has 0 saturated carbocycles. The fourth-order valence-electron chi connectivity index (χ4n) is 4.07. The predicted octanol–water partition coefficient (Wildman–Crippen LogP) is 0.743. The Kier molecular flexibility index (Phi) is 4.70. The van der Waals surface area contributed by atoms with Crippen molar-refractivity contribution < 1.29 is 14.3 Å². The summed E-state index contributed by atoms with van der Waals surface area (Å²) in [5.74, 6) is 0.305. The van der Waals surface area contributed by atoms with Crippen molar-refractivity contribution in [2.45, 2.75) is 57.3 Å². The van der Waals surface area contributed by atoms with Crippen LogP contribution >= 0.6 is 0 Å². The second-order valence-electron chi connectivity index (χ2n) is 7.16. The average Bonchev–Trinajstić information content (AvgIpc) is 3.03. The molecule has 136 valence electrons. The zero-order chi connectivity index (χ0) is 17.2. The maximum absolute atomic E-state index is 12.7. The number of piperidine rings is 1. The summed E-state index contributed by atoms with van der Waals surface area (Å²) < 4.78 is 7.79. The standard InChI is InChI=1S/C17H25N5O3/c23-16-4-2-1-3-7-20(16)9-6-17(24)21-8-5-15-14(11-21)22-13(12-25-15)10-18-19-22/h10,14-15H,1-9,11-12H2. The third-order valence-corrected chi connectivity index (χ3v) is 5.55. The van der Waals surface area contributed by atoms with Gasteiger partial charge in [-0.05, 0) is 19.3 Å². The Balaban J connectivity index is 1.35. The van der Waals surface area contributed by atoms with Crippen LogP contribution < -0.4 is 0 Å². The molecule has 2 atom stereocenters. The summed E-state index contributed by atoms with van der Waals surface area (Å²) in [6, 6.07) is 0.0452. The van der Waals surface area contributed by atoms with E-state index in [0.29, 0.717) is 39.1 Å². The number of carbonyl (C=O) groups is 2. The molecule has 0 aromatic carbocycles. The number of ether oxygens (including phenoxy) is 1. The van der Waals surface area contributed by atoms with Crippen molar-refractivity contribution in [2.24, 2.45) is 0 Å². The molecule has 8 heteroatoms. The van der Waals surface area contributed by atoms with Crippen molar-refractivity contribution in [1.82, 2.24) is 24.8 Å². The van der Waals surface area contributed by atoms with Gasteiger partial charge in [0.1, 0.15) is 0 Å². The number of rotatable bonds is 3. The lowest BCUT2D eigenvalue weighted by Gasteiger charge is -2.41. The first-order valence-corrected chi connectivity index (χ1v) is 9.28. The van der Waals surface area contributed by atoms with E-state index in [9.17, 15) is 9.59 Å². The minimum atomic E-state index is 0.0452. The van der Waals surface area contributed by atoms with E-state index in [2.05, 4.69) is 10.3 Å². The summed E-state index contributed by atoms with van der Waals surface area (Å²) in [6.07, 6.45) is 6.78. The van der Waals surface area contributed by atoms with Crippen molar-refractivity contribution >= 4 is 11.8 Å². The number of amides is 2. The topological polar surface area (TPSA) is 80.6 Å². The lowest BCUT2D eigenvalue weighted by atomic mass is 10.00. The van der Waals surface area contributed by atoms with Crippen LogP contribution in [0.25, 0.3) is 0 Å². The quantitative estimate of drug-likeness (QED) is 0.806. The molecule has 2 saturated heterocycles. The van der Waals surface area contributed by atoms with Crippen LogP contribution in [0.1, 0.15) is 50.3 Å². The van der Waals surface area contributed by atoms with Crippen molar-refractivity contribution in [3.05, 3.63) is 11.9 Å². The molecule has 25 heavy (non-hydrogen) atoms. The number of nitrogens with zero attached hydrogens (tertiary/aromatic N) is 5. The third kappa shape index (κ3) is 3.40. The number of hydrogen-bond donors (Lipinski definition) is 0. The van der Waals surface area contributed by atoms with E-state index in [1.165, 1.54) is 0 Å². The summed E-state index contributed by atoms with van der Waals surface area (Å²) in [5.41, 5.74) is 0.964. The minimum absolute atomic E-state index is 0.0452. The van der Waals surface area contributed by atoms with Crippen molar-refractivity contribution in [1.29, 1.82) is 0 Å². The van der Waals surface area contributed by atoms with Crippen LogP contribution in [0.3, 0.4) is 0 Å². The van der Waals surface area contributed by atoms with Crippen LogP contribution in [0.5, 0.6) is 0 Å². The Morgan fingerprint density at radius 3 is 3.12 bits per heavy atom. The molecule has 1 aromatic rings. The van der Waals surface area contributed by atoms with Crippen LogP contribution in [0, 0.1) is 0 Å². The second-order valence-corrected chi connectivity index (χ2v) is 7.16. The summed E-state index contributed by atoms with van der Waals surface area (Å²) >= 11 is 0. The Hall–Kier alpha value is -1.96. The van der Waals surface area contributed by atoms with Gasteiger partial charge in [-0.15, -0.1) is 5.10 Å². The highest BCUT2D eigenvalue weighted by atomic mass is 16.5.